The average molecular weight is 269 g/mol. The number of benzene rings is 1. The SMILES string of the molecule is Cc1ccccc1CN(C)C(=O)c1ccnc(CN)c1. The first kappa shape index (κ1) is 14.2. The molecule has 0 unspecified atom stereocenters. The van der Waals surface area contributed by atoms with E-state index in [0.29, 0.717) is 18.7 Å². The Kier molecular flexibility index (Phi) is 4.48. The predicted octanol–water partition coefficient (Wildman–Crippen LogP) is 2.12. The molecule has 0 saturated heterocycles. The highest BCUT2D eigenvalue weighted by molar-refractivity contribution is 5.94. The van der Waals surface area contributed by atoms with Crippen LogP contribution in [0.4, 0.5) is 0 Å². The van der Waals surface area contributed by atoms with Crippen LogP contribution in [0.1, 0.15) is 27.2 Å². The molecule has 0 atom stereocenters. The number of hydrogen-bond donors (Lipinski definition) is 1. The first-order valence-electron chi connectivity index (χ1n) is 6.57. The number of pyridine rings is 1. The lowest BCUT2D eigenvalue weighted by molar-refractivity contribution is 0.0784. The van der Waals surface area contributed by atoms with Crippen molar-refractivity contribution in [3.8, 4) is 0 Å². The number of hydrogen-bond acceptors (Lipinski definition) is 3. The van der Waals surface area contributed by atoms with Gasteiger partial charge in [-0.25, -0.2) is 0 Å². The molecular weight excluding hydrogens is 250 g/mol. The van der Waals surface area contributed by atoms with E-state index in [1.807, 2.05) is 31.2 Å². The second-order valence-electron chi connectivity index (χ2n) is 4.83. The summed E-state index contributed by atoms with van der Waals surface area (Å²) in [5.74, 6) is -0.0228. The van der Waals surface area contributed by atoms with Crippen molar-refractivity contribution in [1.29, 1.82) is 0 Å². The Bertz CT molecular complexity index is 610. The number of aromatic nitrogens is 1. The van der Waals surface area contributed by atoms with E-state index in [1.165, 1.54) is 5.56 Å². The first-order valence-corrected chi connectivity index (χ1v) is 6.57. The summed E-state index contributed by atoms with van der Waals surface area (Å²) in [7, 11) is 1.80. The van der Waals surface area contributed by atoms with Gasteiger partial charge in [0.1, 0.15) is 0 Å². The van der Waals surface area contributed by atoms with Crippen LogP contribution in [-0.4, -0.2) is 22.8 Å². The molecule has 2 N–H and O–H groups in total. The van der Waals surface area contributed by atoms with Gasteiger partial charge in [-0.15, -0.1) is 0 Å². The Balaban J connectivity index is 2.14. The van der Waals surface area contributed by atoms with Crippen LogP contribution in [0.25, 0.3) is 0 Å². The first-order chi connectivity index (χ1) is 9.61. The maximum atomic E-state index is 12.4. The molecule has 0 radical (unpaired) electrons. The number of nitrogens with two attached hydrogens (primary N) is 1. The van der Waals surface area contributed by atoms with Crippen LogP contribution in [0.5, 0.6) is 0 Å². The number of rotatable bonds is 4. The van der Waals surface area contributed by atoms with Crippen LogP contribution in [0.2, 0.25) is 0 Å². The van der Waals surface area contributed by atoms with Crippen LogP contribution >= 0.6 is 0 Å². The van der Waals surface area contributed by atoms with Gasteiger partial charge in [0.15, 0.2) is 0 Å². The van der Waals surface area contributed by atoms with Crippen molar-refractivity contribution in [1.82, 2.24) is 9.88 Å². The molecule has 0 saturated carbocycles. The van der Waals surface area contributed by atoms with Gasteiger partial charge in [0.2, 0.25) is 0 Å². The Morgan fingerprint density at radius 1 is 1.30 bits per heavy atom. The number of aryl methyl sites for hydroxylation is 1. The molecule has 104 valence electrons. The summed E-state index contributed by atoms with van der Waals surface area (Å²) in [6.45, 7) is 2.97. The van der Waals surface area contributed by atoms with Crippen molar-refractivity contribution in [3.63, 3.8) is 0 Å². The largest absolute Gasteiger partial charge is 0.337 e. The number of carbonyl (C=O) groups excluding carboxylic acids is 1. The van der Waals surface area contributed by atoms with Gasteiger partial charge in [0.25, 0.3) is 5.91 Å². The van der Waals surface area contributed by atoms with Crippen LogP contribution in [0, 0.1) is 6.92 Å². The van der Waals surface area contributed by atoms with Crippen LogP contribution in [-0.2, 0) is 13.1 Å². The Morgan fingerprint density at radius 3 is 2.75 bits per heavy atom. The minimum atomic E-state index is -0.0228. The molecule has 0 aliphatic carbocycles. The topological polar surface area (TPSA) is 59.2 Å². The van der Waals surface area contributed by atoms with Crippen molar-refractivity contribution in [2.24, 2.45) is 5.73 Å². The van der Waals surface area contributed by atoms with Crippen LogP contribution in [0.15, 0.2) is 42.6 Å². The van der Waals surface area contributed by atoms with Crippen molar-refractivity contribution < 1.29 is 4.79 Å². The monoisotopic (exact) mass is 269 g/mol. The Labute approximate surface area is 119 Å². The second kappa shape index (κ2) is 6.30. The minimum Gasteiger partial charge on any atom is -0.337 e. The maximum absolute atomic E-state index is 12.4. The van der Waals surface area contributed by atoms with E-state index in [2.05, 4.69) is 4.98 Å². The molecule has 0 fully saturated rings. The molecule has 2 rings (SSSR count). The molecule has 2 aromatic rings. The van der Waals surface area contributed by atoms with Gasteiger partial charge >= 0.3 is 0 Å². The van der Waals surface area contributed by atoms with E-state index in [1.54, 1.807) is 30.3 Å². The standard InChI is InChI=1S/C16H19N3O/c1-12-5-3-4-6-14(12)11-19(2)16(20)13-7-8-18-15(9-13)10-17/h3-9H,10-11,17H2,1-2H3. The van der Waals surface area contributed by atoms with E-state index in [0.717, 1.165) is 11.3 Å². The van der Waals surface area contributed by atoms with E-state index in [-0.39, 0.29) is 5.91 Å². The highest BCUT2D eigenvalue weighted by Crippen LogP contribution is 2.12. The van der Waals surface area contributed by atoms with E-state index in [9.17, 15) is 4.79 Å². The molecular formula is C16H19N3O. The van der Waals surface area contributed by atoms with Gasteiger partial charge in [-0.3, -0.25) is 9.78 Å². The molecule has 1 aromatic heterocycles. The molecule has 0 spiro atoms. The zero-order chi connectivity index (χ0) is 14.5. The summed E-state index contributed by atoms with van der Waals surface area (Å²) in [6, 6.07) is 11.5. The molecule has 20 heavy (non-hydrogen) atoms. The number of carbonyl (C=O) groups is 1. The van der Waals surface area contributed by atoms with Crippen molar-refractivity contribution >= 4 is 5.91 Å². The van der Waals surface area contributed by atoms with Gasteiger partial charge in [0, 0.05) is 31.9 Å². The average Bonchev–Trinajstić information content (AvgIpc) is 2.48. The fourth-order valence-corrected chi connectivity index (χ4v) is 2.06. The summed E-state index contributed by atoms with van der Waals surface area (Å²) in [5, 5.41) is 0. The smallest absolute Gasteiger partial charge is 0.254 e. The van der Waals surface area contributed by atoms with Gasteiger partial charge in [-0.05, 0) is 30.2 Å². The zero-order valence-corrected chi connectivity index (χ0v) is 11.8. The van der Waals surface area contributed by atoms with Gasteiger partial charge in [-0.2, -0.15) is 0 Å². The third-order valence-corrected chi connectivity index (χ3v) is 3.29. The summed E-state index contributed by atoms with van der Waals surface area (Å²) in [6.07, 6.45) is 1.62. The van der Waals surface area contributed by atoms with Crippen LogP contribution in [0.3, 0.4) is 0 Å². The molecule has 1 amide bonds. The van der Waals surface area contributed by atoms with E-state index < -0.39 is 0 Å². The van der Waals surface area contributed by atoms with E-state index >= 15 is 0 Å². The molecule has 1 heterocycles. The quantitative estimate of drug-likeness (QED) is 0.925. The fraction of sp³-hybridized carbons (Fsp3) is 0.250. The number of amides is 1. The summed E-state index contributed by atoms with van der Waals surface area (Å²) in [5.41, 5.74) is 9.23. The third kappa shape index (κ3) is 3.22. The molecule has 0 aliphatic heterocycles. The minimum absolute atomic E-state index is 0.0228. The predicted molar refractivity (Wildman–Crippen MR) is 79.1 cm³/mol. The highest BCUT2D eigenvalue weighted by atomic mass is 16.2. The molecule has 4 heteroatoms. The Hall–Kier alpha value is -2.20. The van der Waals surface area contributed by atoms with E-state index in [4.69, 9.17) is 5.73 Å². The summed E-state index contributed by atoms with van der Waals surface area (Å²) in [4.78, 5) is 18.2. The summed E-state index contributed by atoms with van der Waals surface area (Å²) >= 11 is 0. The highest BCUT2D eigenvalue weighted by Gasteiger charge is 2.13. The third-order valence-electron chi connectivity index (χ3n) is 3.29. The van der Waals surface area contributed by atoms with Crippen LogP contribution < -0.4 is 5.73 Å². The lowest BCUT2D eigenvalue weighted by Gasteiger charge is -2.18. The molecule has 4 nitrogen and oxygen atoms in total. The van der Waals surface area contributed by atoms with Gasteiger partial charge in [0.05, 0.1) is 5.69 Å². The van der Waals surface area contributed by atoms with Gasteiger partial charge < -0.3 is 10.6 Å². The van der Waals surface area contributed by atoms with Crippen molar-refractivity contribution in [3.05, 3.63) is 65.0 Å². The lowest BCUT2D eigenvalue weighted by Crippen LogP contribution is -2.26. The zero-order valence-electron chi connectivity index (χ0n) is 11.8. The lowest BCUT2D eigenvalue weighted by atomic mass is 10.1. The second-order valence-corrected chi connectivity index (χ2v) is 4.83. The van der Waals surface area contributed by atoms with Crippen molar-refractivity contribution in [2.45, 2.75) is 20.0 Å². The maximum Gasteiger partial charge on any atom is 0.254 e. The molecule has 0 aliphatic rings. The molecule has 1 aromatic carbocycles. The Morgan fingerprint density at radius 2 is 2.05 bits per heavy atom. The van der Waals surface area contributed by atoms with Crippen molar-refractivity contribution in [2.75, 3.05) is 7.05 Å². The van der Waals surface area contributed by atoms with Gasteiger partial charge in [-0.1, -0.05) is 24.3 Å². The molecule has 0 bridgehead atoms. The normalized spacial score (nSPS) is 10.3. The summed E-state index contributed by atoms with van der Waals surface area (Å²) < 4.78 is 0. The fourth-order valence-electron chi connectivity index (χ4n) is 2.06. The number of nitrogens with zero attached hydrogens (tertiary/aromatic N) is 2.